The van der Waals surface area contributed by atoms with Gasteiger partial charge in [0.05, 0.1) is 17.5 Å². The molecule has 1 N–H and O–H groups in total. The highest BCUT2D eigenvalue weighted by Gasteiger charge is 2.29. The molecule has 0 fully saturated rings. The molecule has 0 radical (unpaired) electrons. The summed E-state index contributed by atoms with van der Waals surface area (Å²) in [7, 11) is -4.10. The largest absolute Gasteiger partial charge is 0.348 e. The first kappa shape index (κ1) is 25.5. The van der Waals surface area contributed by atoms with E-state index < -0.39 is 34.3 Å². The van der Waals surface area contributed by atoms with Gasteiger partial charge >= 0.3 is 0 Å². The van der Waals surface area contributed by atoms with Crippen molar-refractivity contribution in [2.24, 2.45) is 0 Å². The van der Waals surface area contributed by atoms with E-state index in [1.807, 2.05) is 0 Å². The van der Waals surface area contributed by atoms with Crippen molar-refractivity contribution < 1.29 is 17.6 Å². The molecule has 3 aromatic carbocycles. The topological polar surface area (TPSA) is 66.5 Å². The first-order chi connectivity index (χ1) is 15.6. The van der Waals surface area contributed by atoms with Gasteiger partial charge in [-0.05, 0) is 61.0 Å². The predicted molar refractivity (Wildman–Crippen MR) is 128 cm³/mol. The normalized spacial score (nSPS) is 12.5. The van der Waals surface area contributed by atoms with Crippen molar-refractivity contribution >= 4 is 50.7 Å². The van der Waals surface area contributed by atoms with Crippen LogP contribution in [-0.2, 0) is 21.4 Å². The van der Waals surface area contributed by atoms with Crippen LogP contribution in [0.25, 0.3) is 0 Å². The highest BCUT2D eigenvalue weighted by Crippen LogP contribution is 2.28. The second-order valence-electron chi connectivity index (χ2n) is 7.27. The van der Waals surface area contributed by atoms with Gasteiger partial charge in [0.2, 0.25) is 15.9 Å². The van der Waals surface area contributed by atoms with Crippen molar-refractivity contribution in [3.05, 3.63) is 98.7 Å². The number of rotatable bonds is 8. The molecule has 1 amide bonds. The molecule has 3 rings (SSSR count). The molecule has 0 aliphatic carbocycles. The highest BCUT2D eigenvalue weighted by molar-refractivity contribution is 7.89. The van der Waals surface area contributed by atoms with Crippen molar-refractivity contribution in [3.63, 3.8) is 0 Å². The van der Waals surface area contributed by atoms with Crippen molar-refractivity contribution in [2.45, 2.75) is 24.4 Å². The smallest absolute Gasteiger partial charge is 0.243 e. The third-order valence-corrected chi connectivity index (χ3v) is 7.68. The highest BCUT2D eigenvalue weighted by atomic mass is 35.5. The monoisotopic (exact) mass is 528 g/mol. The van der Waals surface area contributed by atoms with Crippen LogP contribution in [0.4, 0.5) is 4.39 Å². The van der Waals surface area contributed by atoms with E-state index in [9.17, 15) is 17.6 Å². The van der Waals surface area contributed by atoms with Crippen molar-refractivity contribution in [3.8, 4) is 0 Å². The molecule has 0 saturated carbocycles. The molecular formula is C23H20Cl3FN2O3S. The van der Waals surface area contributed by atoms with Crippen LogP contribution < -0.4 is 5.32 Å². The molecule has 0 saturated heterocycles. The lowest BCUT2D eigenvalue weighted by Crippen LogP contribution is -2.41. The van der Waals surface area contributed by atoms with E-state index in [-0.39, 0.29) is 21.5 Å². The van der Waals surface area contributed by atoms with E-state index in [0.717, 1.165) is 4.31 Å². The Balaban J connectivity index is 1.88. The summed E-state index contributed by atoms with van der Waals surface area (Å²) in [6.45, 7) is 1.01. The lowest BCUT2D eigenvalue weighted by molar-refractivity contribution is -0.122. The summed E-state index contributed by atoms with van der Waals surface area (Å²) in [5.74, 6) is -0.943. The van der Waals surface area contributed by atoms with Crippen LogP contribution in [0.3, 0.4) is 0 Å². The van der Waals surface area contributed by atoms with Crippen LogP contribution in [0, 0.1) is 5.82 Å². The molecule has 0 unspecified atom stereocenters. The van der Waals surface area contributed by atoms with E-state index in [1.54, 1.807) is 37.3 Å². The zero-order chi connectivity index (χ0) is 24.2. The van der Waals surface area contributed by atoms with Gasteiger partial charge in [0.15, 0.2) is 0 Å². The minimum atomic E-state index is -4.10. The summed E-state index contributed by atoms with van der Waals surface area (Å²) in [5.41, 5.74) is 1.05. The fourth-order valence-corrected chi connectivity index (χ4v) is 5.13. The van der Waals surface area contributed by atoms with Crippen LogP contribution in [-0.4, -0.2) is 25.2 Å². The SMILES string of the molecule is C[C@@H](NC(=O)CN(Cc1c(Cl)cccc1Cl)S(=O)(=O)c1ccc(Cl)cc1)c1ccc(F)cc1. The lowest BCUT2D eigenvalue weighted by Gasteiger charge is -2.24. The Labute approximate surface area is 207 Å². The van der Waals surface area contributed by atoms with Gasteiger partial charge in [-0.15, -0.1) is 0 Å². The van der Waals surface area contributed by atoms with E-state index >= 15 is 0 Å². The molecule has 0 aliphatic rings. The van der Waals surface area contributed by atoms with Gasteiger partial charge in [0.25, 0.3) is 0 Å². The number of halogens is 4. The van der Waals surface area contributed by atoms with Crippen LogP contribution in [0.1, 0.15) is 24.1 Å². The molecule has 174 valence electrons. The van der Waals surface area contributed by atoms with E-state index in [4.69, 9.17) is 34.8 Å². The van der Waals surface area contributed by atoms with Gasteiger partial charge in [-0.25, -0.2) is 12.8 Å². The number of carbonyl (C=O) groups excluding carboxylic acids is 1. The molecule has 5 nitrogen and oxygen atoms in total. The van der Waals surface area contributed by atoms with Crippen LogP contribution in [0.5, 0.6) is 0 Å². The molecule has 0 aliphatic heterocycles. The summed E-state index contributed by atoms with van der Waals surface area (Å²) in [4.78, 5) is 12.8. The maximum Gasteiger partial charge on any atom is 0.243 e. The number of nitrogens with one attached hydrogen (secondary N) is 1. The average Bonchev–Trinajstić information content (AvgIpc) is 2.76. The number of sulfonamides is 1. The predicted octanol–water partition coefficient (Wildman–Crippen LogP) is 5.85. The Kier molecular flexibility index (Phi) is 8.37. The van der Waals surface area contributed by atoms with Crippen LogP contribution in [0.15, 0.2) is 71.6 Å². The third kappa shape index (κ3) is 6.46. The molecule has 3 aromatic rings. The van der Waals surface area contributed by atoms with Crippen LogP contribution >= 0.6 is 34.8 Å². The van der Waals surface area contributed by atoms with Gasteiger partial charge in [-0.1, -0.05) is 53.0 Å². The molecular weight excluding hydrogens is 510 g/mol. The molecule has 33 heavy (non-hydrogen) atoms. The Morgan fingerprint density at radius 1 is 0.970 bits per heavy atom. The number of nitrogens with zero attached hydrogens (tertiary/aromatic N) is 1. The standard InChI is InChI=1S/C23H20Cl3FN2O3S/c1-15(16-5-9-18(27)10-6-16)28-23(30)14-29(13-20-21(25)3-2-4-22(20)26)33(31,32)19-11-7-17(24)8-12-19/h2-12,15H,13-14H2,1H3,(H,28,30)/t15-/m1/s1. The second-order valence-corrected chi connectivity index (χ2v) is 10.5. The van der Waals surface area contributed by atoms with E-state index in [2.05, 4.69) is 5.32 Å². The van der Waals surface area contributed by atoms with Gasteiger partial charge < -0.3 is 5.32 Å². The third-order valence-electron chi connectivity index (χ3n) is 4.92. The van der Waals surface area contributed by atoms with E-state index in [0.29, 0.717) is 16.1 Å². The first-order valence-corrected chi connectivity index (χ1v) is 12.4. The number of amides is 1. The number of carbonyl (C=O) groups is 1. The van der Waals surface area contributed by atoms with Crippen LogP contribution in [0.2, 0.25) is 15.1 Å². The van der Waals surface area contributed by atoms with Gasteiger partial charge in [-0.3, -0.25) is 4.79 Å². The van der Waals surface area contributed by atoms with E-state index in [1.165, 1.54) is 36.4 Å². The molecule has 10 heteroatoms. The van der Waals surface area contributed by atoms with Crippen molar-refractivity contribution in [1.29, 1.82) is 0 Å². The summed E-state index contributed by atoms with van der Waals surface area (Å²) in [5, 5.41) is 3.67. The summed E-state index contributed by atoms with van der Waals surface area (Å²) in [6.07, 6.45) is 0. The Morgan fingerprint density at radius 2 is 1.55 bits per heavy atom. The van der Waals surface area contributed by atoms with Gasteiger partial charge in [0.1, 0.15) is 5.82 Å². The molecule has 0 bridgehead atoms. The van der Waals surface area contributed by atoms with Gasteiger partial charge in [0, 0.05) is 27.2 Å². The molecule has 1 atom stereocenters. The minimum Gasteiger partial charge on any atom is -0.348 e. The fourth-order valence-electron chi connectivity index (χ4n) is 3.12. The minimum absolute atomic E-state index is 0.0329. The Morgan fingerprint density at radius 3 is 2.12 bits per heavy atom. The lowest BCUT2D eigenvalue weighted by atomic mass is 10.1. The summed E-state index contributed by atoms with van der Waals surface area (Å²) >= 11 is 18.4. The number of benzene rings is 3. The first-order valence-electron chi connectivity index (χ1n) is 9.81. The molecule has 0 spiro atoms. The zero-order valence-corrected chi connectivity index (χ0v) is 20.5. The molecule has 0 heterocycles. The average molecular weight is 530 g/mol. The number of hydrogen-bond acceptors (Lipinski definition) is 3. The zero-order valence-electron chi connectivity index (χ0n) is 17.4. The summed E-state index contributed by atoms with van der Waals surface area (Å²) < 4.78 is 40.9. The maximum absolute atomic E-state index is 13.4. The van der Waals surface area contributed by atoms with Gasteiger partial charge in [-0.2, -0.15) is 4.31 Å². The molecule has 0 aromatic heterocycles. The second kappa shape index (κ2) is 10.8. The van der Waals surface area contributed by atoms with Crippen molar-refractivity contribution in [2.75, 3.05) is 6.54 Å². The quantitative estimate of drug-likeness (QED) is 0.398. The Bertz CT molecular complexity index is 1220. The fraction of sp³-hybridized carbons (Fsp3) is 0.174. The Hall–Kier alpha value is -2.16. The van der Waals surface area contributed by atoms with Crippen molar-refractivity contribution in [1.82, 2.24) is 9.62 Å². The summed E-state index contributed by atoms with van der Waals surface area (Å²) in [6, 6.07) is 15.6. The number of hydrogen-bond donors (Lipinski definition) is 1. The maximum atomic E-state index is 13.4.